The number of halogens is 1. The lowest BCUT2D eigenvalue weighted by molar-refractivity contribution is 0.453. The molecule has 0 atom stereocenters. The first-order valence-corrected chi connectivity index (χ1v) is 9.81. The Bertz CT molecular complexity index is 1140. The predicted molar refractivity (Wildman–Crippen MR) is 117 cm³/mol. The van der Waals surface area contributed by atoms with Gasteiger partial charge in [-0.05, 0) is 57.6 Å². The maximum atomic E-state index is 9.14. The summed E-state index contributed by atoms with van der Waals surface area (Å²) in [5, 5.41) is 9.85. The van der Waals surface area contributed by atoms with E-state index in [1.165, 1.54) is 22.3 Å². The SMILES string of the molecule is O[B]Oc1cccc(C2(c3ccc(Cl)cc3)c3ccccc3-c3ccccc32)c1. The molecule has 0 unspecified atom stereocenters. The third-order valence-electron chi connectivity index (χ3n) is 5.69. The van der Waals surface area contributed by atoms with Crippen LogP contribution in [0.15, 0.2) is 97.1 Å². The minimum Gasteiger partial charge on any atom is -0.537 e. The number of rotatable bonds is 4. The van der Waals surface area contributed by atoms with Crippen LogP contribution in [0.1, 0.15) is 22.3 Å². The van der Waals surface area contributed by atoms with E-state index in [9.17, 15) is 0 Å². The molecule has 5 rings (SSSR count). The van der Waals surface area contributed by atoms with Crippen molar-refractivity contribution < 1.29 is 9.68 Å². The maximum absolute atomic E-state index is 9.14. The Morgan fingerprint density at radius 1 is 0.690 bits per heavy atom. The molecule has 0 spiro atoms. The van der Waals surface area contributed by atoms with E-state index in [0.29, 0.717) is 18.5 Å². The third-order valence-corrected chi connectivity index (χ3v) is 5.94. The molecule has 2 nitrogen and oxygen atoms in total. The normalized spacial score (nSPS) is 13.4. The lowest BCUT2D eigenvalue weighted by Gasteiger charge is -2.34. The Morgan fingerprint density at radius 3 is 1.93 bits per heavy atom. The number of hydrogen-bond acceptors (Lipinski definition) is 2. The smallest absolute Gasteiger partial charge is 0.537 e. The zero-order valence-corrected chi connectivity index (χ0v) is 16.3. The molecule has 0 bridgehead atoms. The van der Waals surface area contributed by atoms with E-state index in [-0.39, 0.29) is 0 Å². The largest absolute Gasteiger partial charge is 0.569 e. The van der Waals surface area contributed by atoms with Gasteiger partial charge in [-0.25, -0.2) is 0 Å². The fraction of sp³-hybridized carbons (Fsp3) is 0.0400. The Balaban J connectivity index is 1.90. The van der Waals surface area contributed by atoms with E-state index in [0.717, 1.165) is 11.1 Å². The van der Waals surface area contributed by atoms with Crippen molar-refractivity contribution in [3.05, 3.63) is 124 Å². The first kappa shape index (κ1) is 18.1. The van der Waals surface area contributed by atoms with Crippen LogP contribution in [-0.2, 0) is 5.41 Å². The molecule has 1 radical (unpaired) electrons. The minimum atomic E-state index is -0.507. The summed E-state index contributed by atoms with van der Waals surface area (Å²) < 4.78 is 5.29. The van der Waals surface area contributed by atoms with Crippen molar-refractivity contribution in [2.45, 2.75) is 5.41 Å². The summed E-state index contributed by atoms with van der Waals surface area (Å²) in [5.74, 6) is 0.584. The van der Waals surface area contributed by atoms with E-state index < -0.39 is 5.41 Å². The quantitative estimate of drug-likeness (QED) is 0.401. The molecule has 0 saturated heterocycles. The van der Waals surface area contributed by atoms with Gasteiger partial charge in [-0.2, -0.15) is 0 Å². The van der Waals surface area contributed by atoms with Gasteiger partial charge in [-0.1, -0.05) is 84.4 Å². The van der Waals surface area contributed by atoms with Crippen molar-refractivity contribution in [2.75, 3.05) is 0 Å². The molecule has 0 aromatic heterocycles. The zero-order chi connectivity index (χ0) is 19.8. The second kappa shape index (κ2) is 7.11. The average Bonchev–Trinajstić information content (AvgIpc) is 3.06. The molecular weight excluding hydrogens is 379 g/mol. The summed E-state index contributed by atoms with van der Waals surface area (Å²) in [6.07, 6.45) is 0. The molecule has 0 heterocycles. The van der Waals surface area contributed by atoms with Crippen molar-refractivity contribution in [3.63, 3.8) is 0 Å². The summed E-state index contributed by atoms with van der Waals surface area (Å²) in [6, 6.07) is 33.0. The van der Waals surface area contributed by atoms with Gasteiger partial charge in [0.1, 0.15) is 5.75 Å². The molecule has 0 amide bonds. The van der Waals surface area contributed by atoms with Crippen LogP contribution in [0.4, 0.5) is 0 Å². The van der Waals surface area contributed by atoms with Gasteiger partial charge in [0.25, 0.3) is 0 Å². The van der Waals surface area contributed by atoms with Crippen LogP contribution in [-0.4, -0.2) is 12.7 Å². The molecule has 4 heteroatoms. The number of fused-ring (bicyclic) bond motifs is 3. The van der Waals surface area contributed by atoms with Gasteiger partial charge >= 0.3 is 7.69 Å². The van der Waals surface area contributed by atoms with Crippen molar-refractivity contribution in [2.24, 2.45) is 0 Å². The van der Waals surface area contributed by atoms with Crippen LogP contribution in [0.3, 0.4) is 0 Å². The van der Waals surface area contributed by atoms with Gasteiger partial charge in [0.15, 0.2) is 0 Å². The van der Waals surface area contributed by atoms with Crippen molar-refractivity contribution in [3.8, 4) is 16.9 Å². The second-order valence-corrected chi connectivity index (χ2v) is 7.54. The van der Waals surface area contributed by atoms with Crippen LogP contribution in [0.2, 0.25) is 5.02 Å². The van der Waals surface area contributed by atoms with Crippen molar-refractivity contribution in [1.82, 2.24) is 0 Å². The van der Waals surface area contributed by atoms with E-state index in [2.05, 4.69) is 66.7 Å². The molecule has 4 aromatic carbocycles. The highest BCUT2D eigenvalue weighted by Gasteiger charge is 2.45. The van der Waals surface area contributed by atoms with Crippen LogP contribution in [0, 0.1) is 0 Å². The monoisotopic (exact) mass is 395 g/mol. The molecular formula is C25H17BClO2. The van der Waals surface area contributed by atoms with E-state index in [4.69, 9.17) is 21.3 Å². The average molecular weight is 396 g/mol. The van der Waals surface area contributed by atoms with Gasteiger partial charge in [-0.15, -0.1) is 0 Å². The molecule has 0 aliphatic heterocycles. The lowest BCUT2D eigenvalue weighted by atomic mass is 9.67. The van der Waals surface area contributed by atoms with Crippen molar-refractivity contribution in [1.29, 1.82) is 0 Å². The fourth-order valence-corrected chi connectivity index (χ4v) is 4.71. The standard InChI is InChI=1S/C25H17BClO2/c27-19-14-12-17(13-15-19)25(18-6-5-7-20(16-18)29-26-28)23-10-3-1-8-21(23)22-9-2-4-11-24(22)25/h1-16,28H. The van der Waals surface area contributed by atoms with Crippen LogP contribution in [0.5, 0.6) is 5.75 Å². The lowest BCUT2D eigenvalue weighted by Crippen LogP contribution is -2.28. The summed E-state index contributed by atoms with van der Waals surface area (Å²) in [6.45, 7) is 0. The first-order valence-electron chi connectivity index (χ1n) is 9.43. The molecule has 1 aliphatic rings. The Labute approximate surface area is 175 Å². The summed E-state index contributed by atoms with van der Waals surface area (Å²) in [5.41, 5.74) is 6.56. The summed E-state index contributed by atoms with van der Waals surface area (Å²) >= 11 is 6.22. The third kappa shape index (κ3) is 2.70. The highest BCUT2D eigenvalue weighted by Crippen LogP contribution is 2.56. The maximum Gasteiger partial charge on any atom is 0.569 e. The van der Waals surface area contributed by atoms with Crippen LogP contribution in [0.25, 0.3) is 11.1 Å². The van der Waals surface area contributed by atoms with E-state index in [1.807, 2.05) is 30.3 Å². The summed E-state index contributed by atoms with van der Waals surface area (Å²) in [7, 11) is 0.713. The van der Waals surface area contributed by atoms with E-state index in [1.54, 1.807) is 0 Å². The Morgan fingerprint density at radius 2 is 1.31 bits per heavy atom. The molecule has 29 heavy (non-hydrogen) atoms. The Hall–Kier alpha value is -3.01. The van der Waals surface area contributed by atoms with Gasteiger partial charge in [0.05, 0.1) is 5.41 Å². The molecule has 0 fully saturated rings. The van der Waals surface area contributed by atoms with Gasteiger partial charge < -0.3 is 9.68 Å². The number of hydrogen-bond donors (Lipinski definition) is 1. The molecule has 4 aromatic rings. The van der Waals surface area contributed by atoms with Gasteiger partial charge in [-0.3, -0.25) is 0 Å². The zero-order valence-electron chi connectivity index (χ0n) is 15.5. The number of benzene rings is 4. The van der Waals surface area contributed by atoms with Crippen molar-refractivity contribution >= 4 is 19.3 Å². The fourth-order valence-electron chi connectivity index (χ4n) is 4.59. The molecule has 139 valence electrons. The molecule has 1 N–H and O–H groups in total. The van der Waals surface area contributed by atoms with Gasteiger partial charge in [0.2, 0.25) is 0 Å². The summed E-state index contributed by atoms with van der Waals surface area (Å²) in [4.78, 5) is 0. The minimum absolute atomic E-state index is 0.507. The van der Waals surface area contributed by atoms with Crippen LogP contribution >= 0.6 is 11.6 Å². The van der Waals surface area contributed by atoms with Gasteiger partial charge in [0, 0.05) is 5.02 Å². The molecule has 0 saturated carbocycles. The van der Waals surface area contributed by atoms with Crippen LogP contribution < -0.4 is 4.65 Å². The highest BCUT2D eigenvalue weighted by molar-refractivity contribution is 6.30. The highest BCUT2D eigenvalue weighted by atomic mass is 35.5. The first-order chi connectivity index (χ1) is 14.2. The topological polar surface area (TPSA) is 29.5 Å². The molecule has 1 aliphatic carbocycles. The Kier molecular flexibility index (Phi) is 4.42. The second-order valence-electron chi connectivity index (χ2n) is 7.10. The predicted octanol–water partition coefficient (Wildman–Crippen LogP) is 5.61. The van der Waals surface area contributed by atoms with E-state index >= 15 is 0 Å².